The Balaban J connectivity index is 0.00000441. The van der Waals surface area contributed by atoms with E-state index in [0.717, 1.165) is 24.3 Å². The van der Waals surface area contributed by atoms with Crippen LogP contribution < -0.4 is 40.4 Å². The van der Waals surface area contributed by atoms with Crippen molar-refractivity contribution in [3.05, 3.63) is 39.9 Å². The fraction of sp³-hybridized carbons (Fsp3) is 0.250. The molecule has 1 aromatic carbocycles. The quantitative estimate of drug-likeness (QED) is 0.184. The maximum atomic E-state index is 11.5. The smallest absolute Gasteiger partial charge is 0.548 e. The molecule has 0 amide bonds. The Hall–Kier alpha value is -1.81. The van der Waals surface area contributed by atoms with E-state index in [4.69, 9.17) is 5.73 Å². The van der Waals surface area contributed by atoms with Crippen LogP contribution >= 0.6 is 0 Å². The van der Waals surface area contributed by atoms with Crippen molar-refractivity contribution < 1.29 is 58.7 Å². The number of carboxylic acid groups (broad SMARTS) is 1. The van der Waals surface area contributed by atoms with E-state index in [0.29, 0.717) is 0 Å². The van der Waals surface area contributed by atoms with Gasteiger partial charge >= 0.3 is 41.5 Å². The van der Waals surface area contributed by atoms with E-state index in [1.54, 1.807) is 0 Å². The number of benzene rings is 1. The van der Waals surface area contributed by atoms with Gasteiger partial charge in [0, 0.05) is 24.6 Å². The first-order chi connectivity index (χ1) is 9.81. The van der Waals surface area contributed by atoms with Crippen molar-refractivity contribution in [3.63, 3.8) is 0 Å². The van der Waals surface area contributed by atoms with Gasteiger partial charge in [0.2, 0.25) is 0 Å². The number of esters is 2. The molecule has 10 heteroatoms. The van der Waals surface area contributed by atoms with Gasteiger partial charge in [-0.05, 0) is 18.6 Å². The number of nitro benzene ring substituents is 1. The zero-order valence-corrected chi connectivity index (χ0v) is 13.7. The summed E-state index contributed by atoms with van der Waals surface area (Å²) in [7, 11) is 0. The van der Waals surface area contributed by atoms with E-state index in [1.807, 2.05) is 0 Å². The first kappa shape index (κ1) is 20.2. The Kier molecular flexibility index (Phi) is 8.50. The van der Waals surface area contributed by atoms with Crippen LogP contribution in [0.25, 0.3) is 0 Å². The molecule has 9 nitrogen and oxygen atoms in total. The number of nitrogens with zero attached hydrogens (tertiary/aromatic N) is 1. The number of nitro groups is 1. The Morgan fingerprint density at radius 2 is 1.77 bits per heavy atom. The summed E-state index contributed by atoms with van der Waals surface area (Å²) in [6.07, 6.45) is -0.595. The maximum Gasteiger partial charge on any atom is 1.00 e. The molecule has 0 aliphatic rings. The molecule has 0 aromatic heterocycles. The van der Waals surface area contributed by atoms with E-state index in [1.165, 1.54) is 0 Å². The van der Waals surface area contributed by atoms with Crippen molar-refractivity contribution in [3.8, 4) is 0 Å². The normalized spacial score (nSPS) is 11.0. The Morgan fingerprint density at radius 1 is 1.23 bits per heavy atom. The van der Waals surface area contributed by atoms with Gasteiger partial charge in [-0.2, -0.15) is 0 Å². The number of carboxylic acids is 1. The van der Waals surface area contributed by atoms with E-state index < -0.39 is 28.9 Å². The molecular weight excluding hydrogens is 307 g/mol. The minimum atomic E-state index is -1.51. The second-order valence-electron chi connectivity index (χ2n) is 4.03. The molecule has 0 radical (unpaired) electrons. The van der Waals surface area contributed by atoms with Gasteiger partial charge < -0.3 is 20.4 Å². The fourth-order valence-corrected chi connectivity index (χ4v) is 1.32. The summed E-state index contributed by atoms with van der Waals surface area (Å²) in [4.78, 5) is 43.0. The van der Waals surface area contributed by atoms with E-state index in [9.17, 15) is 29.6 Å². The molecule has 0 spiro atoms. The van der Waals surface area contributed by atoms with Crippen LogP contribution in [0.15, 0.2) is 24.3 Å². The van der Waals surface area contributed by atoms with Crippen LogP contribution in [0.3, 0.4) is 0 Å². The van der Waals surface area contributed by atoms with Crippen molar-refractivity contribution in [2.24, 2.45) is 5.73 Å². The zero-order chi connectivity index (χ0) is 16.0. The predicted molar refractivity (Wildman–Crippen MR) is 65.7 cm³/mol. The molecule has 2 N–H and O–H groups in total. The van der Waals surface area contributed by atoms with Gasteiger partial charge in [0.15, 0.2) is 0 Å². The third kappa shape index (κ3) is 6.31. The molecule has 0 aliphatic carbocycles. The van der Waals surface area contributed by atoms with Crippen LogP contribution in [0, 0.1) is 10.1 Å². The molecule has 0 heterocycles. The number of hydrogen-bond donors (Lipinski definition) is 1. The molecule has 0 saturated carbocycles. The van der Waals surface area contributed by atoms with Crippen molar-refractivity contribution in [1.82, 2.24) is 0 Å². The molecule has 0 fully saturated rings. The second-order valence-corrected chi connectivity index (χ2v) is 4.03. The molecule has 1 aromatic rings. The summed E-state index contributed by atoms with van der Waals surface area (Å²) in [5, 5.41) is 20.8. The van der Waals surface area contributed by atoms with Crippen LogP contribution in [0.2, 0.25) is 0 Å². The van der Waals surface area contributed by atoms with Crippen molar-refractivity contribution in [1.29, 1.82) is 0 Å². The SMILES string of the molecule is N[C@@H](CCC(=O)OC(=O)c1ccc([N+](=O)[O-])cc1)C(=O)[O-].[Na+]. The molecule has 0 aliphatic heterocycles. The van der Waals surface area contributed by atoms with Crippen LogP contribution in [0.4, 0.5) is 5.69 Å². The molecular formula is C12H11N2NaO7. The third-order valence-corrected chi connectivity index (χ3v) is 2.48. The predicted octanol–water partition coefficient (Wildman–Crippen LogP) is -3.86. The summed E-state index contributed by atoms with van der Waals surface area (Å²) >= 11 is 0. The van der Waals surface area contributed by atoms with E-state index in [-0.39, 0.29) is 53.6 Å². The summed E-state index contributed by atoms with van der Waals surface area (Å²) in [6, 6.07) is 3.13. The minimum absolute atomic E-state index is 0. The number of carbonyl (C=O) groups excluding carboxylic acids is 3. The topological polar surface area (TPSA) is 153 Å². The molecule has 1 atom stereocenters. The van der Waals surface area contributed by atoms with Gasteiger partial charge in [0.05, 0.1) is 16.5 Å². The largest absolute Gasteiger partial charge is 1.00 e. The third-order valence-electron chi connectivity index (χ3n) is 2.48. The van der Waals surface area contributed by atoms with Gasteiger partial charge in [-0.1, -0.05) is 0 Å². The molecule has 0 bridgehead atoms. The first-order valence-corrected chi connectivity index (χ1v) is 5.77. The molecule has 0 unspecified atom stereocenters. The van der Waals surface area contributed by atoms with Gasteiger partial charge in [0.1, 0.15) is 0 Å². The zero-order valence-electron chi connectivity index (χ0n) is 11.7. The number of non-ortho nitro benzene ring substituents is 1. The number of nitrogens with two attached hydrogens (primary N) is 1. The van der Waals surface area contributed by atoms with Crippen LogP contribution in [-0.4, -0.2) is 28.9 Å². The van der Waals surface area contributed by atoms with Crippen LogP contribution in [0.1, 0.15) is 23.2 Å². The first-order valence-electron chi connectivity index (χ1n) is 5.77. The summed E-state index contributed by atoms with van der Waals surface area (Å²) in [6.45, 7) is 0. The number of ether oxygens (including phenoxy) is 1. The maximum absolute atomic E-state index is 11.5. The molecule has 1 rings (SSSR count). The average Bonchev–Trinajstić information content (AvgIpc) is 2.44. The van der Waals surface area contributed by atoms with Crippen molar-refractivity contribution >= 4 is 23.6 Å². The average molecular weight is 318 g/mol. The number of rotatable bonds is 6. The minimum Gasteiger partial charge on any atom is -0.548 e. The van der Waals surface area contributed by atoms with Gasteiger partial charge in [-0.15, -0.1) is 0 Å². The van der Waals surface area contributed by atoms with Crippen molar-refractivity contribution in [2.75, 3.05) is 0 Å². The standard InChI is InChI=1S/C12H12N2O7.Na/c13-9(11(16)17)5-6-10(15)21-12(18)7-1-3-8(4-2-7)14(19)20;/h1-4,9H,5-6,13H2,(H,16,17);/q;+1/p-1/t9-;/m0./s1. The van der Waals surface area contributed by atoms with Crippen LogP contribution in [0.5, 0.6) is 0 Å². The molecule has 112 valence electrons. The van der Waals surface area contributed by atoms with Gasteiger partial charge in [0.25, 0.3) is 5.69 Å². The Labute approximate surface area is 146 Å². The van der Waals surface area contributed by atoms with E-state index in [2.05, 4.69) is 4.74 Å². The summed E-state index contributed by atoms with van der Waals surface area (Å²) in [5.41, 5.74) is 4.88. The summed E-state index contributed by atoms with van der Waals surface area (Å²) in [5.74, 6) is -3.45. The van der Waals surface area contributed by atoms with Gasteiger partial charge in [-0.3, -0.25) is 14.9 Å². The Bertz CT molecular complexity index is 573. The monoisotopic (exact) mass is 318 g/mol. The number of aliphatic carboxylic acids is 1. The van der Waals surface area contributed by atoms with E-state index >= 15 is 0 Å². The van der Waals surface area contributed by atoms with Crippen molar-refractivity contribution in [2.45, 2.75) is 18.9 Å². The number of hydrogen-bond acceptors (Lipinski definition) is 8. The fourth-order valence-electron chi connectivity index (χ4n) is 1.32. The second kappa shape index (κ2) is 9.26. The number of carbonyl (C=O) groups is 3. The molecule has 0 saturated heterocycles. The molecule has 22 heavy (non-hydrogen) atoms. The summed E-state index contributed by atoms with van der Waals surface area (Å²) < 4.78 is 4.45. The van der Waals surface area contributed by atoms with Crippen LogP contribution in [-0.2, 0) is 14.3 Å². The Morgan fingerprint density at radius 3 is 2.23 bits per heavy atom. The van der Waals surface area contributed by atoms with Gasteiger partial charge in [-0.25, -0.2) is 4.79 Å².